The summed E-state index contributed by atoms with van der Waals surface area (Å²) in [5.41, 5.74) is 7.54. The Hall–Kier alpha value is -2.60. The average molecular weight is 249 g/mol. The van der Waals surface area contributed by atoms with Gasteiger partial charge in [-0.05, 0) is 29.9 Å². The SMILES string of the molecule is [N-]=[N+]=Nc1ccc([N+](=O)[O-])c(C(=O)N=C=S)c1. The molecule has 9 heteroatoms. The Morgan fingerprint density at radius 1 is 1.59 bits per heavy atom. The number of nitrogens with zero attached hydrogens (tertiary/aromatic N) is 5. The number of rotatable bonds is 3. The number of hydrogen-bond donors (Lipinski definition) is 0. The zero-order valence-electron chi connectivity index (χ0n) is 8.10. The van der Waals surface area contributed by atoms with E-state index < -0.39 is 16.5 Å². The fourth-order valence-corrected chi connectivity index (χ4v) is 1.15. The maximum atomic E-state index is 11.4. The van der Waals surface area contributed by atoms with E-state index in [4.69, 9.17) is 5.53 Å². The summed E-state index contributed by atoms with van der Waals surface area (Å²) in [6.07, 6.45) is 0. The molecular weight excluding hydrogens is 246 g/mol. The molecule has 0 atom stereocenters. The predicted octanol–water partition coefficient (Wildman–Crippen LogP) is 2.78. The Labute approximate surface area is 99.4 Å². The average Bonchev–Trinajstić information content (AvgIpc) is 2.29. The maximum Gasteiger partial charge on any atom is 0.292 e. The third kappa shape index (κ3) is 2.93. The molecule has 0 aliphatic rings. The highest BCUT2D eigenvalue weighted by molar-refractivity contribution is 7.78. The molecule has 84 valence electrons. The second-order valence-electron chi connectivity index (χ2n) is 2.66. The van der Waals surface area contributed by atoms with Crippen LogP contribution in [0.3, 0.4) is 0 Å². The van der Waals surface area contributed by atoms with E-state index in [9.17, 15) is 14.9 Å². The van der Waals surface area contributed by atoms with Crippen LogP contribution in [-0.4, -0.2) is 16.0 Å². The molecule has 0 radical (unpaired) electrons. The van der Waals surface area contributed by atoms with Gasteiger partial charge in [0.25, 0.3) is 11.6 Å². The number of carbonyl (C=O) groups excluding carboxylic acids is 1. The molecule has 17 heavy (non-hydrogen) atoms. The highest BCUT2D eigenvalue weighted by Gasteiger charge is 2.19. The Kier molecular flexibility index (Phi) is 4.02. The van der Waals surface area contributed by atoms with Gasteiger partial charge in [-0.3, -0.25) is 14.9 Å². The fourth-order valence-electron chi connectivity index (χ4n) is 1.07. The van der Waals surface area contributed by atoms with Gasteiger partial charge in [-0.2, -0.15) is 4.99 Å². The highest BCUT2D eigenvalue weighted by atomic mass is 32.1. The first kappa shape index (κ1) is 12.5. The van der Waals surface area contributed by atoms with Crippen molar-refractivity contribution in [3.63, 3.8) is 0 Å². The number of azide groups is 1. The third-order valence-electron chi connectivity index (χ3n) is 1.71. The lowest BCUT2D eigenvalue weighted by Gasteiger charge is -1.98. The van der Waals surface area contributed by atoms with Crippen LogP contribution >= 0.6 is 12.2 Å². The van der Waals surface area contributed by atoms with Crippen LogP contribution in [0, 0.1) is 10.1 Å². The van der Waals surface area contributed by atoms with Gasteiger partial charge in [-0.15, -0.1) is 0 Å². The van der Waals surface area contributed by atoms with Crippen molar-refractivity contribution in [3.05, 3.63) is 44.3 Å². The van der Waals surface area contributed by atoms with Crippen LogP contribution in [0.2, 0.25) is 0 Å². The number of nitro groups is 1. The van der Waals surface area contributed by atoms with Crippen LogP contribution < -0.4 is 0 Å². The van der Waals surface area contributed by atoms with Gasteiger partial charge in [-0.25, -0.2) is 0 Å². The largest absolute Gasteiger partial charge is 0.292 e. The lowest BCUT2D eigenvalue weighted by Crippen LogP contribution is -2.00. The normalized spacial score (nSPS) is 8.71. The minimum Gasteiger partial charge on any atom is -0.266 e. The molecule has 0 unspecified atom stereocenters. The molecule has 0 fully saturated rings. The van der Waals surface area contributed by atoms with Crippen LogP contribution in [0.1, 0.15) is 10.4 Å². The Balaban J connectivity index is 3.44. The van der Waals surface area contributed by atoms with Crippen molar-refractivity contribution in [2.24, 2.45) is 10.1 Å². The molecule has 1 aromatic carbocycles. The van der Waals surface area contributed by atoms with Gasteiger partial charge >= 0.3 is 0 Å². The van der Waals surface area contributed by atoms with Crippen LogP contribution in [0.5, 0.6) is 0 Å². The van der Waals surface area contributed by atoms with E-state index in [0.717, 1.165) is 12.1 Å². The third-order valence-corrected chi connectivity index (χ3v) is 1.81. The molecule has 0 aliphatic heterocycles. The van der Waals surface area contributed by atoms with Crippen LogP contribution in [-0.2, 0) is 0 Å². The number of hydrogen-bond acceptors (Lipinski definition) is 5. The number of benzene rings is 1. The van der Waals surface area contributed by atoms with Crippen molar-refractivity contribution in [2.45, 2.75) is 0 Å². The number of thiocarbonyl (C=S) groups is 1. The number of nitro benzene ring substituents is 1. The second-order valence-corrected chi connectivity index (χ2v) is 2.84. The molecule has 8 nitrogen and oxygen atoms in total. The minimum absolute atomic E-state index is 0.0704. The van der Waals surface area contributed by atoms with Crippen molar-refractivity contribution in [1.29, 1.82) is 0 Å². The zero-order valence-corrected chi connectivity index (χ0v) is 8.92. The molecule has 0 saturated carbocycles. The van der Waals surface area contributed by atoms with Gasteiger partial charge in [0, 0.05) is 16.7 Å². The van der Waals surface area contributed by atoms with Gasteiger partial charge in [0.15, 0.2) is 0 Å². The Morgan fingerprint density at radius 2 is 2.29 bits per heavy atom. The quantitative estimate of drug-likeness (QED) is 0.155. The van der Waals surface area contributed by atoms with Gasteiger partial charge in [-0.1, -0.05) is 5.11 Å². The van der Waals surface area contributed by atoms with Gasteiger partial charge in [0.2, 0.25) is 0 Å². The molecular formula is C8H3N5O3S. The molecule has 0 saturated heterocycles. The summed E-state index contributed by atoms with van der Waals surface area (Å²) in [5.74, 6) is -0.915. The summed E-state index contributed by atoms with van der Waals surface area (Å²) in [6.45, 7) is 0. The summed E-state index contributed by atoms with van der Waals surface area (Å²) < 4.78 is 0. The van der Waals surface area contributed by atoms with Crippen LogP contribution in [0.15, 0.2) is 28.3 Å². The van der Waals surface area contributed by atoms with Crippen molar-refractivity contribution in [3.8, 4) is 0 Å². The van der Waals surface area contributed by atoms with E-state index in [1.54, 1.807) is 0 Å². The number of carbonyl (C=O) groups is 1. The van der Waals surface area contributed by atoms with E-state index in [-0.39, 0.29) is 11.3 Å². The van der Waals surface area contributed by atoms with Crippen molar-refractivity contribution in [2.75, 3.05) is 0 Å². The van der Waals surface area contributed by atoms with Gasteiger partial charge in [0.05, 0.1) is 10.1 Å². The molecule has 0 aliphatic carbocycles. The number of isothiocyanates is 1. The first-order chi connectivity index (χ1) is 8.10. The minimum atomic E-state index is -0.915. The second kappa shape index (κ2) is 5.47. The topological polar surface area (TPSA) is 121 Å². The maximum absolute atomic E-state index is 11.4. The summed E-state index contributed by atoms with van der Waals surface area (Å²) in [4.78, 5) is 26.9. The number of aliphatic imine (C=N–C) groups is 1. The van der Waals surface area contributed by atoms with E-state index in [1.807, 2.05) is 5.16 Å². The van der Waals surface area contributed by atoms with E-state index in [0.29, 0.717) is 0 Å². The molecule has 1 amide bonds. The zero-order chi connectivity index (χ0) is 12.8. The van der Waals surface area contributed by atoms with Crippen LogP contribution in [0.25, 0.3) is 10.4 Å². The van der Waals surface area contributed by atoms with E-state index in [2.05, 4.69) is 27.2 Å². The predicted molar refractivity (Wildman–Crippen MR) is 61.3 cm³/mol. The fraction of sp³-hybridized carbons (Fsp3) is 0. The summed E-state index contributed by atoms with van der Waals surface area (Å²) in [7, 11) is 0. The Bertz CT molecular complexity index is 587. The standard InChI is InChI=1S/C8H3N5O3S/c9-12-11-5-1-2-7(13(15)16)6(3-5)8(14)10-4-17/h1-3H. The van der Waals surface area contributed by atoms with E-state index >= 15 is 0 Å². The lowest BCUT2D eigenvalue weighted by molar-refractivity contribution is -0.385. The lowest BCUT2D eigenvalue weighted by atomic mass is 10.1. The van der Waals surface area contributed by atoms with Crippen LogP contribution in [0.4, 0.5) is 11.4 Å². The molecule has 1 rings (SSSR count). The smallest absolute Gasteiger partial charge is 0.266 e. The molecule has 0 bridgehead atoms. The molecule has 1 aromatic rings. The highest BCUT2D eigenvalue weighted by Crippen LogP contribution is 2.25. The van der Waals surface area contributed by atoms with Crippen molar-refractivity contribution in [1.82, 2.24) is 0 Å². The summed E-state index contributed by atoms with van der Waals surface area (Å²) >= 11 is 4.23. The Morgan fingerprint density at radius 3 is 2.82 bits per heavy atom. The first-order valence-electron chi connectivity index (χ1n) is 4.06. The first-order valence-corrected chi connectivity index (χ1v) is 4.46. The number of amides is 1. The van der Waals surface area contributed by atoms with Crippen molar-refractivity contribution >= 4 is 34.7 Å². The molecule has 0 N–H and O–H groups in total. The van der Waals surface area contributed by atoms with Crippen molar-refractivity contribution < 1.29 is 9.72 Å². The molecule has 0 heterocycles. The summed E-state index contributed by atoms with van der Waals surface area (Å²) in [6, 6.07) is 3.34. The van der Waals surface area contributed by atoms with Gasteiger partial charge in [0.1, 0.15) is 5.56 Å². The van der Waals surface area contributed by atoms with E-state index in [1.165, 1.54) is 6.07 Å². The molecule has 0 aromatic heterocycles. The van der Waals surface area contributed by atoms with Gasteiger partial charge < -0.3 is 0 Å². The monoisotopic (exact) mass is 249 g/mol. The molecule has 0 spiro atoms. The summed E-state index contributed by atoms with van der Waals surface area (Å²) in [5, 5.41) is 15.7.